The first-order valence-corrected chi connectivity index (χ1v) is 2.66. The van der Waals surface area contributed by atoms with E-state index < -0.39 is 0 Å². The van der Waals surface area contributed by atoms with Crippen molar-refractivity contribution in [2.24, 2.45) is 0 Å². The first kappa shape index (κ1) is 8.00. The van der Waals surface area contributed by atoms with Crippen LogP contribution in [0.15, 0.2) is 24.8 Å². The van der Waals surface area contributed by atoms with Gasteiger partial charge in [-0.15, -0.1) is 0 Å². The highest BCUT2D eigenvalue weighted by Crippen LogP contribution is 1.69. The zero-order valence-corrected chi connectivity index (χ0v) is 5.55. The predicted octanol–water partition coefficient (Wildman–Crippen LogP) is 1.38. The van der Waals surface area contributed by atoms with Gasteiger partial charge in [-0.05, 0) is 6.08 Å². The minimum absolute atomic E-state index is 0.488. The number of ether oxygens (including phenoxy) is 1. The molecule has 1 nitrogen and oxygen atoms in total. The van der Waals surface area contributed by atoms with Crippen LogP contribution in [0.1, 0.15) is 0 Å². The molecule has 0 fully saturated rings. The third kappa shape index (κ3) is 7.00. The molecule has 0 bridgehead atoms. The van der Waals surface area contributed by atoms with Crippen molar-refractivity contribution in [2.45, 2.75) is 0 Å². The Kier molecular flexibility index (Phi) is 6.22. The number of hydrogen-bond acceptors (Lipinski definition) is 1. The average Bonchev–Trinajstić information content (AvgIpc) is 1.89. The molecule has 0 aliphatic rings. The lowest BCUT2D eigenvalue weighted by Crippen LogP contribution is -1.79. The summed E-state index contributed by atoms with van der Waals surface area (Å²) in [6.45, 7) is 3.98. The Labute approximate surface area is 56.0 Å². The fourth-order valence-corrected chi connectivity index (χ4v) is 0.289. The second-order valence-corrected chi connectivity index (χ2v) is 1.35. The molecule has 0 radical (unpaired) electrons. The van der Waals surface area contributed by atoms with Crippen molar-refractivity contribution >= 4 is 0 Å². The summed E-state index contributed by atoms with van der Waals surface area (Å²) in [5, 5.41) is 0. The zero-order chi connectivity index (χ0) is 6.95. The molecule has 0 N–H and O–H groups in total. The molecule has 0 amide bonds. The van der Waals surface area contributed by atoms with E-state index in [2.05, 4.69) is 23.2 Å². The van der Waals surface area contributed by atoms with E-state index in [1.165, 1.54) is 0 Å². The molecule has 0 aliphatic heterocycles. The van der Waals surface area contributed by atoms with Crippen molar-refractivity contribution < 1.29 is 4.74 Å². The number of hydrogen-bond donors (Lipinski definition) is 0. The van der Waals surface area contributed by atoms with Gasteiger partial charge in [0.05, 0.1) is 0 Å². The molecule has 0 saturated carbocycles. The third-order valence-corrected chi connectivity index (χ3v) is 0.634. The summed E-state index contributed by atoms with van der Waals surface area (Å²) in [5.74, 6) is 5.52. The molecule has 1 heteroatoms. The third-order valence-electron chi connectivity index (χ3n) is 0.634. The molecule has 0 heterocycles. The van der Waals surface area contributed by atoms with Crippen molar-refractivity contribution in [1.82, 2.24) is 0 Å². The second-order valence-electron chi connectivity index (χ2n) is 1.35. The normalized spacial score (nSPS) is 8.56. The Bertz CT molecular complexity index is 146. The minimum atomic E-state index is 0.488. The van der Waals surface area contributed by atoms with Crippen LogP contribution in [0.2, 0.25) is 0 Å². The molecule has 0 atom stereocenters. The predicted molar refractivity (Wildman–Crippen MR) is 39.0 cm³/mol. The molecular weight excluding hydrogens is 112 g/mol. The van der Waals surface area contributed by atoms with Gasteiger partial charge in [0, 0.05) is 7.11 Å². The Hall–Kier alpha value is -1.00. The highest BCUT2D eigenvalue weighted by molar-refractivity contribution is 5.18. The summed E-state index contributed by atoms with van der Waals surface area (Å²) in [5.41, 5.74) is 0. The van der Waals surface area contributed by atoms with Gasteiger partial charge in [-0.3, -0.25) is 0 Å². The first-order chi connectivity index (χ1) is 4.41. The Morgan fingerprint density at radius 3 is 3.00 bits per heavy atom. The standard InChI is InChI=1S/C8H10O/c1-3-4-5-6-7-8-9-2/h3-5H,1,8H2,2H3/b5-4+. The van der Waals surface area contributed by atoms with E-state index in [0.717, 1.165) is 0 Å². The van der Waals surface area contributed by atoms with Crippen LogP contribution in [0.4, 0.5) is 0 Å². The van der Waals surface area contributed by atoms with E-state index in [-0.39, 0.29) is 0 Å². The van der Waals surface area contributed by atoms with Crippen LogP contribution in [0.25, 0.3) is 0 Å². The largest absolute Gasteiger partial charge is 0.372 e. The number of allylic oxidation sites excluding steroid dienone is 3. The molecule has 0 spiro atoms. The Morgan fingerprint density at radius 1 is 1.67 bits per heavy atom. The van der Waals surface area contributed by atoms with E-state index in [1.54, 1.807) is 25.3 Å². The molecule has 48 valence electrons. The monoisotopic (exact) mass is 122 g/mol. The lowest BCUT2D eigenvalue weighted by atomic mass is 10.5. The molecule has 0 saturated heterocycles. The van der Waals surface area contributed by atoms with Crippen LogP contribution in [0.3, 0.4) is 0 Å². The average molecular weight is 122 g/mol. The van der Waals surface area contributed by atoms with Crippen molar-refractivity contribution in [2.75, 3.05) is 13.7 Å². The smallest absolute Gasteiger partial charge is 0.107 e. The first-order valence-electron chi connectivity index (χ1n) is 2.66. The fraction of sp³-hybridized carbons (Fsp3) is 0.250. The molecule has 0 aromatic rings. The summed E-state index contributed by atoms with van der Waals surface area (Å²) in [6, 6.07) is 0. The van der Waals surface area contributed by atoms with E-state index in [4.69, 9.17) is 0 Å². The maximum absolute atomic E-state index is 4.69. The van der Waals surface area contributed by atoms with Crippen LogP contribution in [-0.2, 0) is 4.74 Å². The topological polar surface area (TPSA) is 9.23 Å². The van der Waals surface area contributed by atoms with Gasteiger partial charge in [0.15, 0.2) is 0 Å². The molecule has 0 unspecified atom stereocenters. The van der Waals surface area contributed by atoms with Crippen LogP contribution in [-0.4, -0.2) is 13.7 Å². The van der Waals surface area contributed by atoms with Gasteiger partial charge >= 0.3 is 0 Å². The minimum Gasteiger partial charge on any atom is -0.372 e. The SMILES string of the molecule is C=C/C=C/C#CCOC. The van der Waals surface area contributed by atoms with Crippen molar-refractivity contribution in [1.29, 1.82) is 0 Å². The van der Waals surface area contributed by atoms with Gasteiger partial charge in [0.2, 0.25) is 0 Å². The summed E-state index contributed by atoms with van der Waals surface area (Å²) in [7, 11) is 1.62. The van der Waals surface area contributed by atoms with Crippen molar-refractivity contribution in [3.63, 3.8) is 0 Å². The highest BCUT2D eigenvalue weighted by atomic mass is 16.5. The van der Waals surface area contributed by atoms with E-state index in [1.807, 2.05) is 0 Å². The Balaban J connectivity index is 3.36. The fourth-order valence-electron chi connectivity index (χ4n) is 0.289. The lowest BCUT2D eigenvalue weighted by molar-refractivity contribution is 0.240. The van der Waals surface area contributed by atoms with Crippen LogP contribution < -0.4 is 0 Å². The van der Waals surface area contributed by atoms with E-state index >= 15 is 0 Å². The van der Waals surface area contributed by atoms with Gasteiger partial charge in [0.25, 0.3) is 0 Å². The summed E-state index contributed by atoms with van der Waals surface area (Å²) in [6.07, 6.45) is 5.19. The maximum atomic E-state index is 4.69. The number of methoxy groups -OCH3 is 1. The van der Waals surface area contributed by atoms with Crippen molar-refractivity contribution in [3.05, 3.63) is 24.8 Å². The van der Waals surface area contributed by atoms with Gasteiger partial charge in [-0.25, -0.2) is 0 Å². The van der Waals surface area contributed by atoms with Crippen molar-refractivity contribution in [3.8, 4) is 11.8 Å². The van der Waals surface area contributed by atoms with Gasteiger partial charge in [-0.2, -0.15) is 0 Å². The maximum Gasteiger partial charge on any atom is 0.107 e. The quantitative estimate of drug-likeness (QED) is 0.397. The molecule has 9 heavy (non-hydrogen) atoms. The van der Waals surface area contributed by atoms with E-state index in [9.17, 15) is 0 Å². The Morgan fingerprint density at radius 2 is 2.44 bits per heavy atom. The van der Waals surface area contributed by atoms with E-state index in [0.29, 0.717) is 6.61 Å². The molecular formula is C8H10O. The lowest BCUT2D eigenvalue weighted by Gasteiger charge is -1.78. The van der Waals surface area contributed by atoms with Crippen LogP contribution >= 0.6 is 0 Å². The van der Waals surface area contributed by atoms with Crippen LogP contribution in [0, 0.1) is 11.8 Å². The van der Waals surface area contributed by atoms with Gasteiger partial charge in [0.1, 0.15) is 6.61 Å². The van der Waals surface area contributed by atoms with Crippen LogP contribution in [0.5, 0.6) is 0 Å². The molecule has 0 aromatic carbocycles. The summed E-state index contributed by atoms with van der Waals surface area (Å²) < 4.78 is 4.69. The zero-order valence-electron chi connectivity index (χ0n) is 5.55. The summed E-state index contributed by atoms with van der Waals surface area (Å²) >= 11 is 0. The molecule has 0 rings (SSSR count). The highest BCUT2D eigenvalue weighted by Gasteiger charge is 1.63. The molecule has 0 aliphatic carbocycles. The number of rotatable bonds is 2. The van der Waals surface area contributed by atoms with Gasteiger partial charge < -0.3 is 4.74 Å². The van der Waals surface area contributed by atoms with Gasteiger partial charge in [-0.1, -0.05) is 30.6 Å². The summed E-state index contributed by atoms with van der Waals surface area (Å²) in [4.78, 5) is 0. The second kappa shape index (κ2) is 7.00. The molecule has 0 aromatic heterocycles.